The summed E-state index contributed by atoms with van der Waals surface area (Å²) >= 11 is 1.71. The van der Waals surface area contributed by atoms with Crippen LogP contribution < -0.4 is 11.3 Å². The SMILES string of the molecule is CSCCn1cc(N)ccc1=O. The van der Waals surface area contributed by atoms with E-state index in [0.29, 0.717) is 5.69 Å². The van der Waals surface area contributed by atoms with Crippen molar-refractivity contribution >= 4 is 17.4 Å². The number of hydrogen-bond donors (Lipinski definition) is 1. The lowest BCUT2D eigenvalue weighted by atomic mass is 10.4. The Hall–Kier alpha value is -0.900. The second-order valence-corrected chi connectivity index (χ2v) is 3.47. The van der Waals surface area contributed by atoms with Gasteiger partial charge in [-0.25, -0.2) is 0 Å². The molecule has 4 heteroatoms. The topological polar surface area (TPSA) is 48.0 Å². The van der Waals surface area contributed by atoms with E-state index in [-0.39, 0.29) is 5.56 Å². The Bertz CT molecular complexity index is 308. The van der Waals surface area contributed by atoms with Gasteiger partial charge in [-0.15, -0.1) is 0 Å². The van der Waals surface area contributed by atoms with Crippen LogP contribution in [0.15, 0.2) is 23.1 Å². The van der Waals surface area contributed by atoms with Crippen LogP contribution in [0, 0.1) is 0 Å². The number of rotatable bonds is 3. The molecule has 0 saturated carbocycles. The van der Waals surface area contributed by atoms with Gasteiger partial charge in [-0.3, -0.25) is 4.79 Å². The van der Waals surface area contributed by atoms with Crippen molar-refractivity contribution in [1.29, 1.82) is 0 Å². The van der Waals surface area contributed by atoms with Gasteiger partial charge < -0.3 is 10.3 Å². The van der Waals surface area contributed by atoms with E-state index in [9.17, 15) is 4.79 Å². The number of aromatic nitrogens is 1. The first-order valence-corrected chi connectivity index (χ1v) is 5.08. The zero-order valence-corrected chi connectivity index (χ0v) is 7.80. The number of thioether (sulfide) groups is 1. The van der Waals surface area contributed by atoms with Gasteiger partial charge in [0.25, 0.3) is 5.56 Å². The molecule has 0 aliphatic heterocycles. The highest BCUT2D eigenvalue weighted by Gasteiger charge is 1.94. The molecule has 0 amide bonds. The molecule has 0 aliphatic rings. The Balaban J connectivity index is 2.83. The molecular weight excluding hydrogens is 172 g/mol. The first-order valence-electron chi connectivity index (χ1n) is 3.69. The van der Waals surface area contributed by atoms with Gasteiger partial charge in [-0.1, -0.05) is 0 Å². The minimum Gasteiger partial charge on any atom is -0.398 e. The van der Waals surface area contributed by atoms with Crippen LogP contribution in [-0.4, -0.2) is 16.6 Å². The van der Waals surface area contributed by atoms with Gasteiger partial charge in [0.2, 0.25) is 0 Å². The van der Waals surface area contributed by atoms with Crippen LogP contribution in [-0.2, 0) is 6.54 Å². The highest BCUT2D eigenvalue weighted by molar-refractivity contribution is 7.98. The number of nitrogens with two attached hydrogens (primary N) is 1. The Morgan fingerprint density at radius 3 is 3.00 bits per heavy atom. The summed E-state index contributed by atoms with van der Waals surface area (Å²) in [6.07, 6.45) is 3.69. The molecule has 0 unspecified atom stereocenters. The second kappa shape index (κ2) is 4.21. The molecule has 0 atom stereocenters. The summed E-state index contributed by atoms with van der Waals surface area (Å²) in [7, 11) is 0. The van der Waals surface area contributed by atoms with Crippen molar-refractivity contribution in [1.82, 2.24) is 4.57 Å². The normalized spacial score (nSPS) is 10.1. The van der Waals surface area contributed by atoms with Gasteiger partial charge in [0, 0.05) is 30.2 Å². The molecule has 12 heavy (non-hydrogen) atoms. The van der Waals surface area contributed by atoms with E-state index in [1.165, 1.54) is 6.07 Å². The average molecular weight is 184 g/mol. The average Bonchev–Trinajstić information content (AvgIpc) is 2.07. The predicted molar refractivity (Wildman–Crippen MR) is 53.5 cm³/mol. The third kappa shape index (κ3) is 2.30. The van der Waals surface area contributed by atoms with Gasteiger partial charge in [0.1, 0.15) is 0 Å². The van der Waals surface area contributed by atoms with Crippen LogP contribution in [0.5, 0.6) is 0 Å². The molecular formula is C8H12N2OS. The third-order valence-electron chi connectivity index (χ3n) is 1.54. The van der Waals surface area contributed by atoms with Crippen LogP contribution in [0.3, 0.4) is 0 Å². The number of aryl methyl sites for hydroxylation is 1. The Labute approximate surface area is 75.6 Å². The standard InChI is InChI=1S/C8H12N2OS/c1-12-5-4-10-6-7(9)2-3-8(10)11/h2-3,6H,4-5,9H2,1H3. The molecule has 66 valence electrons. The van der Waals surface area contributed by atoms with Gasteiger partial charge in [-0.2, -0.15) is 11.8 Å². The van der Waals surface area contributed by atoms with Crippen LogP contribution >= 0.6 is 11.8 Å². The summed E-state index contributed by atoms with van der Waals surface area (Å²) in [5.41, 5.74) is 6.18. The maximum absolute atomic E-state index is 11.2. The van der Waals surface area contributed by atoms with E-state index in [1.54, 1.807) is 28.6 Å². The molecule has 0 aliphatic carbocycles. The number of pyridine rings is 1. The first-order chi connectivity index (χ1) is 5.74. The predicted octanol–water partition coefficient (Wildman–Crippen LogP) is 0.793. The maximum atomic E-state index is 11.2. The Morgan fingerprint density at radius 1 is 1.58 bits per heavy atom. The van der Waals surface area contributed by atoms with E-state index in [1.807, 2.05) is 6.26 Å². The molecule has 0 saturated heterocycles. The number of hydrogen-bond acceptors (Lipinski definition) is 3. The van der Waals surface area contributed by atoms with Gasteiger partial charge in [-0.05, 0) is 12.3 Å². The molecule has 0 fully saturated rings. The van der Waals surface area contributed by atoms with Crippen LogP contribution in [0.1, 0.15) is 0 Å². The zero-order chi connectivity index (χ0) is 8.97. The fourth-order valence-electron chi connectivity index (χ4n) is 0.914. The number of nitrogens with zero attached hydrogens (tertiary/aromatic N) is 1. The summed E-state index contributed by atoms with van der Waals surface area (Å²) in [5.74, 6) is 0.934. The second-order valence-electron chi connectivity index (χ2n) is 2.49. The Kier molecular flexibility index (Phi) is 3.22. The fourth-order valence-corrected chi connectivity index (χ4v) is 1.29. The maximum Gasteiger partial charge on any atom is 0.250 e. The van der Waals surface area contributed by atoms with Crippen molar-refractivity contribution in [3.05, 3.63) is 28.7 Å². The monoisotopic (exact) mass is 184 g/mol. The fraction of sp³-hybridized carbons (Fsp3) is 0.375. The molecule has 0 spiro atoms. The summed E-state index contributed by atoms with van der Waals surface area (Å²) < 4.78 is 1.63. The molecule has 2 N–H and O–H groups in total. The highest BCUT2D eigenvalue weighted by Crippen LogP contribution is 1.98. The first kappa shape index (κ1) is 9.19. The molecule has 0 radical (unpaired) electrons. The van der Waals surface area contributed by atoms with Gasteiger partial charge in [0.15, 0.2) is 0 Å². The largest absolute Gasteiger partial charge is 0.398 e. The molecule has 1 aromatic rings. The highest BCUT2D eigenvalue weighted by atomic mass is 32.2. The summed E-state index contributed by atoms with van der Waals surface area (Å²) in [6.45, 7) is 0.727. The smallest absolute Gasteiger partial charge is 0.250 e. The minimum atomic E-state index is 0.0123. The molecule has 1 aromatic heterocycles. The van der Waals surface area contributed by atoms with Gasteiger partial charge in [0.05, 0.1) is 0 Å². The van der Waals surface area contributed by atoms with E-state index < -0.39 is 0 Å². The van der Waals surface area contributed by atoms with Gasteiger partial charge >= 0.3 is 0 Å². The van der Waals surface area contributed by atoms with Crippen molar-refractivity contribution in [2.24, 2.45) is 0 Å². The lowest BCUT2D eigenvalue weighted by Crippen LogP contribution is -2.19. The van der Waals surface area contributed by atoms with E-state index in [4.69, 9.17) is 5.73 Å². The van der Waals surface area contributed by atoms with Crippen LogP contribution in [0.25, 0.3) is 0 Å². The number of anilines is 1. The molecule has 0 aromatic carbocycles. The van der Waals surface area contributed by atoms with E-state index >= 15 is 0 Å². The quantitative estimate of drug-likeness (QED) is 0.755. The van der Waals surface area contributed by atoms with Crippen molar-refractivity contribution in [3.8, 4) is 0 Å². The molecule has 1 rings (SSSR count). The minimum absolute atomic E-state index is 0.0123. The number of nitrogen functional groups attached to an aromatic ring is 1. The van der Waals surface area contributed by atoms with E-state index in [2.05, 4.69) is 0 Å². The van der Waals surface area contributed by atoms with Crippen molar-refractivity contribution in [2.45, 2.75) is 6.54 Å². The molecule has 3 nitrogen and oxygen atoms in total. The third-order valence-corrected chi connectivity index (χ3v) is 2.13. The molecule has 0 bridgehead atoms. The van der Waals surface area contributed by atoms with Crippen molar-refractivity contribution in [3.63, 3.8) is 0 Å². The Morgan fingerprint density at radius 2 is 2.33 bits per heavy atom. The van der Waals surface area contributed by atoms with E-state index in [0.717, 1.165) is 12.3 Å². The van der Waals surface area contributed by atoms with Crippen molar-refractivity contribution < 1.29 is 0 Å². The van der Waals surface area contributed by atoms with Crippen LogP contribution in [0.2, 0.25) is 0 Å². The van der Waals surface area contributed by atoms with Crippen LogP contribution in [0.4, 0.5) is 5.69 Å². The summed E-state index contributed by atoms with van der Waals surface area (Å²) in [5, 5.41) is 0. The lowest BCUT2D eigenvalue weighted by Gasteiger charge is -2.03. The molecule has 1 heterocycles. The summed E-state index contributed by atoms with van der Waals surface area (Å²) in [4.78, 5) is 11.2. The summed E-state index contributed by atoms with van der Waals surface area (Å²) in [6, 6.07) is 3.12. The zero-order valence-electron chi connectivity index (χ0n) is 6.99. The van der Waals surface area contributed by atoms with Crippen molar-refractivity contribution in [2.75, 3.05) is 17.7 Å². The lowest BCUT2D eigenvalue weighted by molar-refractivity contribution is 0.737.